The monoisotopic (exact) mass is 394 g/mol. The van der Waals surface area contributed by atoms with E-state index in [0.29, 0.717) is 16.6 Å². The molecular formula is C20H22N6OS. The third-order valence-electron chi connectivity index (χ3n) is 4.71. The number of thiazole rings is 1. The number of rotatable bonds is 6. The third-order valence-corrected chi connectivity index (χ3v) is 5.46. The van der Waals surface area contributed by atoms with Crippen molar-refractivity contribution in [2.75, 3.05) is 18.4 Å². The van der Waals surface area contributed by atoms with Gasteiger partial charge in [0.15, 0.2) is 10.9 Å². The van der Waals surface area contributed by atoms with Crippen LogP contribution in [0.5, 0.6) is 0 Å². The topological polar surface area (TPSA) is 83.0 Å². The van der Waals surface area contributed by atoms with Crippen molar-refractivity contribution in [2.45, 2.75) is 25.4 Å². The first-order chi connectivity index (χ1) is 13.8. The molecule has 28 heavy (non-hydrogen) atoms. The van der Waals surface area contributed by atoms with E-state index >= 15 is 0 Å². The van der Waals surface area contributed by atoms with Crippen LogP contribution in [-0.2, 0) is 6.54 Å². The van der Waals surface area contributed by atoms with Gasteiger partial charge in [0.1, 0.15) is 5.69 Å². The summed E-state index contributed by atoms with van der Waals surface area (Å²) in [7, 11) is 0. The summed E-state index contributed by atoms with van der Waals surface area (Å²) >= 11 is 1.38. The number of hydrogen-bond donors (Lipinski definition) is 2. The normalized spacial score (nSPS) is 15.3. The molecule has 3 aromatic rings. The van der Waals surface area contributed by atoms with Gasteiger partial charge in [0.25, 0.3) is 5.91 Å². The van der Waals surface area contributed by atoms with Crippen LogP contribution >= 0.6 is 11.3 Å². The SMILES string of the molecule is O=C(NC1CCN(Cc2ccccc2)CC1)c1csc(Nc2cnccn2)n1. The van der Waals surface area contributed by atoms with Crippen LogP contribution in [0.2, 0.25) is 0 Å². The number of piperidine rings is 1. The van der Waals surface area contributed by atoms with Gasteiger partial charge in [-0.15, -0.1) is 11.3 Å². The van der Waals surface area contributed by atoms with Crippen LogP contribution in [0.3, 0.4) is 0 Å². The molecule has 2 N–H and O–H groups in total. The van der Waals surface area contributed by atoms with Crippen LogP contribution in [0.1, 0.15) is 28.9 Å². The maximum absolute atomic E-state index is 12.5. The van der Waals surface area contributed by atoms with Crippen LogP contribution in [0, 0.1) is 0 Å². The fraction of sp³-hybridized carbons (Fsp3) is 0.300. The molecule has 0 bridgehead atoms. The van der Waals surface area contributed by atoms with E-state index in [2.05, 4.69) is 54.8 Å². The summed E-state index contributed by atoms with van der Waals surface area (Å²) in [6, 6.07) is 10.7. The van der Waals surface area contributed by atoms with Crippen LogP contribution in [0.25, 0.3) is 0 Å². The van der Waals surface area contributed by atoms with Gasteiger partial charge >= 0.3 is 0 Å². The number of benzene rings is 1. The van der Waals surface area contributed by atoms with Crippen molar-refractivity contribution < 1.29 is 4.79 Å². The first kappa shape index (κ1) is 18.5. The van der Waals surface area contributed by atoms with Gasteiger partial charge in [0, 0.05) is 43.4 Å². The van der Waals surface area contributed by atoms with Crippen molar-refractivity contribution >= 4 is 28.2 Å². The Morgan fingerprint density at radius 1 is 1.18 bits per heavy atom. The Morgan fingerprint density at radius 3 is 2.75 bits per heavy atom. The van der Waals surface area contributed by atoms with E-state index in [9.17, 15) is 4.79 Å². The quantitative estimate of drug-likeness (QED) is 0.669. The van der Waals surface area contributed by atoms with E-state index in [-0.39, 0.29) is 11.9 Å². The molecule has 0 unspecified atom stereocenters. The zero-order valence-corrected chi connectivity index (χ0v) is 16.2. The van der Waals surface area contributed by atoms with Gasteiger partial charge < -0.3 is 10.6 Å². The Kier molecular flexibility index (Phi) is 5.89. The molecule has 0 atom stereocenters. The van der Waals surface area contributed by atoms with E-state index in [0.717, 1.165) is 32.5 Å². The molecule has 1 saturated heterocycles. The van der Waals surface area contributed by atoms with Gasteiger partial charge in [-0.05, 0) is 18.4 Å². The molecule has 1 aromatic carbocycles. The zero-order chi connectivity index (χ0) is 19.2. The smallest absolute Gasteiger partial charge is 0.271 e. The minimum Gasteiger partial charge on any atom is -0.348 e. The maximum atomic E-state index is 12.5. The lowest BCUT2D eigenvalue weighted by Crippen LogP contribution is -2.44. The van der Waals surface area contributed by atoms with Gasteiger partial charge in [0.05, 0.1) is 6.20 Å². The first-order valence-corrected chi connectivity index (χ1v) is 10.2. The number of anilines is 2. The van der Waals surface area contributed by atoms with E-state index in [1.54, 1.807) is 24.0 Å². The molecule has 8 heteroatoms. The standard InChI is InChI=1S/C20H22N6OS/c27-19(17-14-28-20(24-17)25-18-12-21-8-9-22-18)23-16-6-10-26(11-7-16)13-15-4-2-1-3-5-15/h1-5,8-9,12,14,16H,6-7,10-11,13H2,(H,23,27)(H,22,24,25). The van der Waals surface area contributed by atoms with Crippen LogP contribution in [-0.4, -0.2) is 44.9 Å². The molecule has 144 valence electrons. The molecular weight excluding hydrogens is 372 g/mol. The molecule has 0 saturated carbocycles. The lowest BCUT2D eigenvalue weighted by Gasteiger charge is -2.32. The third kappa shape index (κ3) is 4.90. The first-order valence-electron chi connectivity index (χ1n) is 9.32. The number of likely N-dealkylation sites (tertiary alicyclic amines) is 1. The molecule has 7 nitrogen and oxygen atoms in total. The van der Waals surface area contributed by atoms with Gasteiger partial charge in [-0.2, -0.15) is 0 Å². The minimum absolute atomic E-state index is 0.120. The fourth-order valence-corrected chi connectivity index (χ4v) is 3.94. The highest BCUT2D eigenvalue weighted by Crippen LogP contribution is 2.20. The highest BCUT2D eigenvalue weighted by molar-refractivity contribution is 7.14. The van der Waals surface area contributed by atoms with Crippen molar-refractivity contribution in [1.82, 2.24) is 25.2 Å². The molecule has 1 aliphatic heterocycles. The molecule has 4 rings (SSSR count). The van der Waals surface area contributed by atoms with Crippen LogP contribution in [0.4, 0.5) is 10.9 Å². The summed E-state index contributed by atoms with van der Waals surface area (Å²) in [5.74, 6) is 0.486. The number of carbonyl (C=O) groups is 1. The largest absolute Gasteiger partial charge is 0.348 e. The van der Waals surface area contributed by atoms with Crippen molar-refractivity contribution in [3.63, 3.8) is 0 Å². The number of nitrogens with one attached hydrogen (secondary N) is 2. The molecule has 1 fully saturated rings. The second-order valence-corrected chi connectivity index (χ2v) is 7.62. The second kappa shape index (κ2) is 8.90. The average Bonchev–Trinajstić information content (AvgIpc) is 3.20. The predicted octanol–water partition coefficient (Wildman–Crippen LogP) is 3.07. The number of carbonyl (C=O) groups excluding carboxylic acids is 1. The van der Waals surface area contributed by atoms with Crippen LogP contribution < -0.4 is 10.6 Å². The molecule has 0 radical (unpaired) electrons. The number of aromatic nitrogens is 3. The maximum Gasteiger partial charge on any atom is 0.271 e. The molecule has 1 aliphatic rings. The molecule has 2 aromatic heterocycles. The molecule has 0 aliphatic carbocycles. The summed E-state index contributed by atoms with van der Waals surface area (Å²) in [4.78, 5) is 27.5. The van der Waals surface area contributed by atoms with Crippen molar-refractivity contribution in [3.8, 4) is 0 Å². The van der Waals surface area contributed by atoms with Gasteiger partial charge in [-0.25, -0.2) is 9.97 Å². The summed E-state index contributed by atoms with van der Waals surface area (Å²) in [6.45, 7) is 2.93. The zero-order valence-electron chi connectivity index (χ0n) is 15.4. The fourth-order valence-electron chi connectivity index (χ4n) is 3.25. The molecule has 1 amide bonds. The lowest BCUT2D eigenvalue weighted by molar-refractivity contribution is 0.0904. The highest BCUT2D eigenvalue weighted by Gasteiger charge is 2.22. The summed E-state index contributed by atoms with van der Waals surface area (Å²) in [5.41, 5.74) is 1.76. The average molecular weight is 395 g/mol. The predicted molar refractivity (Wildman–Crippen MR) is 110 cm³/mol. The van der Waals surface area contributed by atoms with E-state index < -0.39 is 0 Å². The Balaban J connectivity index is 1.26. The highest BCUT2D eigenvalue weighted by atomic mass is 32.1. The molecule has 0 spiro atoms. The van der Waals surface area contributed by atoms with Crippen molar-refractivity contribution in [2.24, 2.45) is 0 Å². The van der Waals surface area contributed by atoms with Gasteiger partial charge in [-0.3, -0.25) is 14.7 Å². The van der Waals surface area contributed by atoms with Gasteiger partial charge in [-0.1, -0.05) is 30.3 Å². The van der Waals surface area contributed by atoms with E-state index in [1.165, 1.54) is 16.9 Å². The number of amides is 1. The Labute approximate surface area is 167 Å². The second-order valence-electron chi connectivity index (χ2n) is 6.76. The molecule has 3 heterocycles. The Bertz CT molecular complexity index is 893. The Morgan fingerprint density at radius 2 is 2.00 bits per heavy atom. The van der Waals surface area contributed by atoms with Gasteiger partial charge in [0.2, 0.25) is 0 Å². The lowest BCUT2D eigenvalue weighted by atomic mass is 10.0. The summed E-state index contributed by atoms with van der Waals surface area (Å²) in [5, 5.41) is 8.57. The van der Waals surface area contributed by atoms with Crippen LogP contribution in [0.15, 0.2) is 54.3 Å². The summed E-state index contributed by atoms with van der Waals surface area (Å²) in [6.07, 6.45) is 6.73. The Hall–Kier alpha value is -2.84. The van der Waals surface area contributed by atoms with Crippen molar-refractivity contribution in [3.05, 3.63) is 65.6 Å². The summed E-state index contributed by atoms with van der Waals surface area (Å²) < 4.78 is 0. The van der Waals surface area contributed by atoms with E-state index in [1.807, 2.05) is 6.07 Å². The number of nitrogens with zero attached hydrogens (tertiary/aromatic N) is 4. The minimum atomic E-state index is -0.120. The van der Waals surface area contributed by atoms with Crippen molar-refractivity contribution in [1.29, 1.82) is 0 Å². The number of hydrogen-bond acceptors (Lipinski definition) is 7. The van der Waals surface area contributed by atoms with E-state index in [4.69, 9.17) is 0 Å².